The van der Waals surface area contributed by atoms with Crippen molar-refractivity contribution < 1.29 is 68.7 Å². The summed E-state index contributed by atoms with van der Waals surface area (Å²) >= 11 is 0. The van der Waals surface area contributed by atoms with Gasteiger partial charge in [-0.15, -0.1) is 5.46 Å². The average Bonchev–Trinajstić information content (AvgIpc) is 1.92. The second-order valence-electron chi connectivity index (χ2n) is 2.58. The number of hydrogen-bond donors (Lipinski definition) is 0. The summed E-state index contributed by atoms with van der Waals surface area (Å²) in [6, 6.07) is 2.54. The van der Waals surface area contributed by atoms with Crippen molar-refractivity contribution >= 4 is 12.4 Å². The van der Waals surface area contributed by atoms with E-state index in [1.165, 1.54) is 6.92 Å². The number of halogens is 4. The van der Waals surface area contributed by atoms with Gasteiger partial charge in [0.05, 0.1) is 0 Å². The Kier molecular flexibility index (Phi) is 5.17. The zero-order valence-corrected chi connectivity index (χ0v) is 10.4. The third-order valence-electron chi connectivity index (χ3n) is 1.57. The van der Waals surface area contributed by atoms with Crippen LogP contribution in [0, 0.1) is 12.7 Å². The van der Waals surface area contributed by atoms with E-state index in [-0.39, 0.29) is 56.9 Å². The molecule has 0 atom stereocenters. The Morgan fingerprint density at radius 1 is 1.15 bits per heavy atom. The van der Waals surface area contributed by atoms with Crippen LogP contribution < -0.4 is 56.8 Å². The van der Waals surface area contributed by atoms with E-state index in [4.69, 9.17) is 0 Å². The van der Waals surface area contributed by atoms with Crippen molar-refractivity contribution in [3.8, 4) is 0 Å². The summed E-state index contributed by atoms with van der Waals surface area (Å²) in [7, 11) is 0. The Balaban J connectivity index is 0.00000144. The molecule has 0 N–H and O–H groups in total. The molecule has 0 saturated carbocycles. The predicted octanol–water partition coefficient (Wildman–Crippen LogP) is -0.807. The molecule has 0 bridgehead atoms. The first-order chi connectivity index (χ1) is 5.41. The maximum atomic E-state index is 12.6. The topological polar surface area (TPSA) is 0 Å². The van der Waals surface area contributed by atoms with Crippen molar-refractivity contribution in [1.82, 2.24) is 0 Å². The Labute approximate surface area is 116 Å². The molecule has 0 heterocycles. The smallest absolute Gasteiger partial charge is 0.445 e. The van der Waals surface area contributed by atoms with Crippen molar-refractivity contribution in [2.24, 2.45) is 0 Å². The molecule has 13 heavy (non-hydrogen) atoms. The maximum Gasteiger partial charge on any atom is 1.00 e. The van der Waals surface area contributed by atoms with Gasteiger partial charge in [-0.2, -0.15) is 0 Å². The van der Waals surface area contributed by atoms with Crippen LogP contribution in [-0.2, 0) is 0 Å². The minimum absolute atomic E-state index is 0. The van der Waals surface area contributed by atoms with Gasteiger partial charge < -0.3 is 12.9 Å². The monoisotopic (exact) mass is 216 g/mol. The second kappa shape index (κ2) is 4.93. The fraction of sp³-hybridized carbons (Fsp3) is 0.143. The SMILES string of the molecule is Cc1ccc([B-](F)(F)F)cc1F.[K+]. The standard InChI is InChI=1S/C7H6BF4.K/c1-5-2-3-6(4-7(5)9)8(10,11)12;/h2-4H,1H3;/q-1;+1. The molecule has 0 saturated heterocycles. The molecular formula is C7H6BF4K. The van der Waals surface area contributed by atoms with Crippen LogP contribution in [0.3, 0.4) is 0 Å². The molecule has 0 spiro atoms. The van der Waals surface area contributed by atoms with Crippen LogP contribution in [0.15, 0.2) is 18.2 Å². The normalized spacial score (nSPS) is 10.8. The molecule has 6 heteroatoms. The number of aryl methyl sites for hydroxylation is 1. The predicted molar refractivity (Wildman–Crippen MR) is 39.8 cm³/mol. The van der Waals surface area contributed by atoms with E-state index in [1.54, 1.807) is 0 Å². The molecule has 0 aliphatic heterocycles. The first kappa shape index (κ1) is 13.6. The van der Waals surface area contributed by atoms with E-state index in [2.05, 4.69) is 0 Å². The minimum Gasteiger partial charge on any atom is -0.445 e. The first-order valence-corrected chi connectivity index (χ1v) is 3.37. The van der Waals surface area contributed by atoms with Crippen LogP contribution in [0.5, 0.6) is 0 Å². The summed E-state index contributed by atoms with van der Waals surface area (Å²) in [5.74, 6) is -0.813. The molecule has 0 aromatic heterocycles. The van der Waals surface area contributed by atoms with Gasteiger partial charge in [0.25, 0.3) is 0 Å². The van der Waals surface area contributed by atoms with E-state index < -0.39 is 18.3 Å². The van der Waals surface area contributed by atoms with Gasteiger partial charge in [0.2, 0.25) is 0 Å². The number of benzene rings is 1. The zero-order chi connectivity index (χ0) is 9.35. The summed E-state index contributed by atoms with van der Waals surface area (Å²) in [6.45, 7) is -3.66. The van der Waals surface area contributed by atoms with Gasteiger partial charge in [0.15, 0.2) is 0 Å². The van der Waals surface area contributed by atoms with Crippen molar-refractivity contribution in [1.29, 1.82) is 0 Å². The van der Waals surface area contributed by atoms with Crippen molar-refractivity contribution in [3.63, 3.8) is 0 Å². The molecule has 0 nitrogen and oxygen atoms in total. The fourth-order valence-corrected chi connectivity index (χ4v) is 0.813. The third-order valence-corrected chi connectivity index (χ3v) is 1.57. The molecule has 66 valence electrons. The molecule has 0 radical (unpaired) electrons. The van der Waals surface area contributed by atoms with Crippen LogP contribution in [0.4, 0.5) is 17.3 Å². The molecule has 0 fully saturated rings. The van der Waals surface area contributed by atoms with Crippen molar-refractivity contribution in [2.45, 2.75) is 6.92 Å². The maximum absolute atomic E-state index is 12.6. The Bertz CT molecular complexity index is 297. The molecule has 1 aromatic carbocycles. The fourth-order valence-electron chi connectivity index (χ4n) is 0.813. The van der Waals surface area contributed by atoms with Gasteiger partial charge in [-0.1, -0.05) is 18.2 Å². The van der Waals surface area contributed by atoms with E-state index >= 15 is 0 Å². The van der Waals surface area contributed by atoms with Gasteiger partial charge in [-0.05, 0) is 12.5 Å². The number of rotatable bonds is 1. The minimum atomic E-state index is -5.08. The van der Waals surface area contributed by atoms with Gasteiger partial charge in [0.1, 0.15) is 5.82 Å². The third kappa shape index (κ3) is 3.71. The van der Waals surface area contributed by atoms with E-state index in [0.29, 0.717) is 6.07 Å². The molecular weight excluding hydrogens is 210 g/mol. The molecule has 0 unspecified atom stereocenters. The van der Waals surface area contributed by atoms with Crippen LogP contribution in [-0.4, -0.2) is 6.98 Å². The zero-order valence-electron chi connectivity index (χ0n) is 7.32. The van der Waals surface area contributed by atoms with Gasteiger partial charge >= 0.3 is 58.4 Å². The van der Waals surface area contributed by atoms with Crippen molar-refractivity contribution in [3.05, 3.63) is 29.6 Å². The Morgan fingerprint density at radius 2 is 1.69 bits per heavy atom. The van der Waals surface area contributed by atoms with Crippen LogP contribution >= 0.6 is 0 Å². The van der Waals surface area contributed by atoms with E-state index in [1.807, 2.05) is 0 Å². The quantitative estimate of drug-likeness (QED) is 0.425. The van der Waals surface area contributed by atoms with Crippen LogP contribution in [0.1, 0.15) is 5.56 Å². The summed E-state index contributed by atoms with van der Waals surface area (Å²) in [6.07, 6.45) is 0. The van der Waals surface area contributed by atoms with Crippen molar-refractivity contribution in [2.75, 3.05) is 0 Å². The molecule has 1 rings (SSSR count). The molecule has 0 aliphatic rings. The van der Waals surface area contributed by atoms with Crippen LogP contribution in [0.25, 0.3) is 0 Å². The molecule has 0 aliphatic carbocycles. The largest absolute Gasteiger partial charge is 1.00 e. The van der Waals surface area contributed by atoms with Gasteiger partial charge in [-0.3, -0.25) is 0 Å². The second-order valence-corrected chi connectivity index (χ2v) is 2.58. The average molecular weight is 216 g/mol. The molecule has 0 amide bonds. The van der Waals surface area contributed by atoms with Crippen LogP contribution in [0.2, 0.25) is 0 Å². The summed E-state index contributed by atoms with van der Waals surface area (Å²) in [5, 5.41) is 0. The summed E-state index contributed by atoms with van der Waals surface area (Å²) in [5.41, 5.74) is -0.670. The summed E-state index contributed by atoms with van der Waals surface area (Å²) in [4.78, 5) is 0. The first-order valence-electron chi connectivity index (χ1n) is 3.37. The number of hydrogen-bond acceptors (Lipinski definition) is 0. The van der Waals surface area contributed by atoms with E-state index in [0.717, 1.165) is 12.1 Å². The van der Waals surface area contributed by atoms with Gasteiger partial charge in [0, 0.05) is 0 Å². The summed E-state index contributed by atoms with van der Waals surface area (Å²) < 4.78 is 48.6. The van der Waals surface area contributed by atoms with E-state index in [9.17, 15) is 17.3 Å². The van der Waals surface area contributed by atoms with Gasteiger partial charge in [-0.25, -0.2) is 4.39 Å². The Hall–Kier alpha value is 0.641. The molecule has 1 aromatic rings. The Morgan fingerprint density at radius 3 is 2.08 bits per heavy atom.